The van der Waals surface area contributed by atoms with Crippen molar-refractivity contribution in [3.8, 4) is 11.3 Å². The minimum absolute atomic E-state index is 0.195. The van der Waals surface area contributed by atoms with Crippen LogP contribution in [0.2, 0.25) is 10.0 Å². The highest BCUT2D eigenvalue weighted by Crippen LogP contribution is 2.35. The Morgan fingerprint density at radius 1 is 0.750 bits per heavy atom. The topological polar surface area (TPSA) is 59.3 Å². The molecule has 1 N–H and O–H groups in total. The van der Waals surface area contributed by atoms with E-state index in [4.69, 9.17) is 27.6 Å². The van der Waals surface area contributed by atoms with Crippen LogP contribution < -0.4 is 5.32 Å². The number of halogens is 2. The maximum atomic E-state index is 12.5. The molecule has 0 radical (unpaired) electrons. The van der Waals surface area contributed by atoms with Crippen LogP contribution in [0.15, 0.2) is 95.4 Å². The van der Waals surface area contributed by atoms with E-state index in [-0.39, 0.29) is 11.7 Å². The van der Waals surface area contributed by atoms with Gasteiger partial charge in [-0.2, -0.15) is 0 Å². The fourth-order valence-electron chi connectivity index (χ4n) is 3.07. The van der Waals surface area contributed by atoms with Crippen molar-refractivity contribution < 1.29 is 14.0 Å². The summed E-state index contributed by atoms with van der Waals surface area (Å²) >= 11 is 12.4. The van der Waals surface area contributed by atoms with Crippen molar-refractivity contribution >= 4 is 46.7 Å². The maximum Gasteiger partial charge on any atom is 0.255 e. The van der Waals surface area contributed by atoms with Crippen molar-refractivity contribution in [3.05, 3.63) is 118 Å². The van der Waals surface area contributed by atoms with Crippen LogP contribution in [0.25, 0.3) is 17.4 Å². The Hall–Kier alpha value is -3.60. The number of nitrogens with one attached hydrogen (secondary N) is 1. The summed E-state index contributed by atoms with van der Waals surface area (Å²) in [7, 11) is 0. The number of allylic oxidation sites excluding steroid dienone is 1. The predicted octanol–water partition coefficient (Wildman–Crippen LogP) is 7.40. The minimum atomic E-state index is -0.211. The number of furan rings is 1. The molecule has 1 aromatic heterocycles. The molecule has 0 aliphatic heterocycles. The van der Waals surface area contributed by atoms with E-state index in [1.165, 1.54) is 6.08 Å². The zero-order chi connectivity index (χ0) is 22.5. The Morgan fingerprint density at radius 2 is 1.44 bits per heavy atom. The van der Waals surface area contributed by atoms with Gasteiger partial charge in [0.25, 0.3) is 5.91 Å². The normalized spacial score (nSPS) is 10.9. The molecule has 0 fully saturated rings. The number of hydrogen-bond donors (Lipinski definition) is 1. The first-order valence-corrected chi connectivity index (χ1v) is 10.5. The summed E-state index contributed by atoms with van der Waals surface area (Å²) in [6, 6.07) is 24.3. The predicted molar refractivity (Wildman–Crippen MR) is 128 cm³/mol. The molecule has 0 bridgehead atoms. The number of amides is 1. The molecule has 6 heteroatoms. The van der Waals surface area contributed by atoms with Crippen LogP contribution in [0.1, 0.15) is 26.5 Å². The lowest BCUT2D eigenvalue weighted by atomic mass is 10.1. The van der Waals surface area contributed by atoms with Crippen molar-refractivity contribution in [2.75, 3.05) is 5.32 Å². The SMILES string of the molecule is O=C(C=Cc1ccc(-c2c(Cl)cccc2Cl)o1)c1ccc(NC(=O)c2ccccc2)cc1. The summed E-state index contributed by atoms with van der Waals surface area (Å²) in [4.78, 5) is 24.7. The van der Waals surface area contributed by atoms with Gasteiger partial charge in [-0.25, -0.2) is 0 Å². The van der Waals surface area contributed by atoms with E-state index in [1.807, 2.05) is 6.07 Å². The van der Waals surface area contributed by atoms with E-state index in [2.05, 4.69) is 5.32 Å². The Balaban J connectivity index is 1.42. The third-order valence-electron chi connectivity index (χ3n) is 4.70. The van der Waals surface area contributed by atoms with Crippen LogP contribution in [-0.2, 0) is 0 Å². The highest BCUT2D eigenvalue weighted by atomic mass is 35.5. The second-order valence-corrected chi connectivity index (χ2v) is 7.71. The third kappa shape index (κ3) is 4.99. The van der Waals surface area contributed by atoms with Crippen LogP contribution in [0.3, 0.4) is 0 Å². The van der Waals surface area contributed by atoms with Gasteiger partial charge in [0.15, 0.2) is 5.78 Å². The Bertz CT molecular complexity index is 1270. The second-order valence-electron chi connectivity index (χ2n) is 6.89. The van der Waals surface area contributed by atoms with E-state index in [0.29, 0.717) is 43.9 Å². The highest BCUT2D eigenvalue weighted by Gasteiger charge is 2.12. The van der Waals surface area contributed by atoms with Crippen LogP contribution in [0.4, 0.5) is 5.69 Å². The molecule has 4 rings (SSSR count). The number of anilines is 1. The molecule has 3 aromatic carbocycles. The molecule has 0 aliphatic rings. The number of rotatable bonds is 6. The van der Waals surface area contributed by atoms with Crippen molar-refractivity contribution in [3.63, 3.8) is 0 Å². The Kier molecular flexibility index (Phi) is 6.55. The van der Waals surface area contributed by atoms with Crippen molar-refractivity contribution in [2.24, 2.45) is 0 Å². The fourth-order valence-corrected chi connectivity index (χ4v) is 3.66. The summed E-state index contributed by atoms with van der Waals surface area (Å²) in [5.41, 5.74) is 2.26. The lowest BCUT2D eigenvalue weighted by Gasteiger charge is -2.05. The zero-order valence-electron chi connectivity index (χ0n) is 16.7. The number of benzene rings is 3. The molecule has 0 atom stereocenters. The number of carbonyl (C=O) groups excluding carboxylic acids is 2. The summed E-state index contributed by atoms with van der Waals surface area (Å²) in [6.45, 7) is 0. The fraction of sp³-hybridized carbons (Fsp3) is 0. The van der Waals surface area contributed by atoms with Crippen molar-refractivity contribution in [2.45, 2.75) is 0 Å². The molecular weight excluding hydrogens is 445 g/mol. The zero-order valence-corrected chi connectivity index (χ0v) is 18.2. The summed E-state index contributed by atoms with van der Waals surface area (Å²) in [6.07, 6.45) is 3.01. The molecule has 1 heterocycles. The molecule has 4 nitrogen and oxygen atoms in total. The second kappa shape index (κ2) is 9.69. The largest absolute Gasteiger partial charge is 0.457 e. The monoisotopic (exact) mass is 461 g/mol. The molecule has 1 amide bonds. The van der Waals surface area contributed by atoms with E-state index >= 15 is 0 Å². The van der Waals surface area contributed by atoms with Crippen molar-refractivity contribution in [1.82, 2.24) is 0 Å². The quantitative estimate of drug-likeness (QED) is 0.240. The van der Waals surface area contributed by atoms with E-state index in [9.17, 15) is 9.59 Å². The molecule has 32 heavy (non-hydrogen) atoms. The van der Waals surface area contributed by atoms with Gasteiger partial charge >= 0.3 is 0 Å². The van der Waals surface area contributed by atoms with E-state index < -0.39 is 0 Å². The average molecular weight is 462 g/mol. The van der Waals surface area contributed by atoms with Gasteiger partial charge in [-0.05, 0) is 72.8 Å². The van der Waals surface area contributed by atoms with Crippen LogP contribution >= 0.6 is 23.2 Å². The standard InChI is InChI=1S/C26H17Cl2NO3/c27-21-7-4-8-22(28)25(21)24-16-14-20(32-24)13-15-23(30)17-9-11-19(12-10-17)29-26(31)18-5-2-1-3-6-18/h1-16H,(H,29,31). The molecule has 4 aromatic rings. The first-order chi connectivity index (χ1) is 15.5. The number of ketones is 1. The van der Waals surface area contributed by atoms with Gasteiger partial charge in [0.05, 0.1) is 15.6 Å². The maximum absolute atomic E-state index is 12.5. The van der Waals surface area contributed by atoms with Gasteiger partial charge in [-0.15, -0.1) is 0 Å². The lowest BCUT2D eigenvalue weighted by molar-refractivity contribution is 0.102. The van der Waals surface area contributed by atoms with E-state index in [1.54, 1.807) is 84.9 Å². The summed E-state index contributed by atoms with van der Waals surface area (Å²) < 4.78 is 5.77. The molecule has 0 saturated heterocycles. The summed E-state index contributed by atoms with van der Waals surface area (Å²) in [5, 5.41) is 3.77. The van der Waals surface area contributed by atoms with Gasteiger partial charge in [0, 0.05) is 16.8 Å². The van der Waals surface area contributed by atoms with Crippen LogP contribution in [0.5, 0.6) is 0 Å². The minimum Gasteiger partial charge on any atom is -0.457 e. The van der Waals surface area contributed by atoms with Crippen LogP contribution in [-0.4, -0.2) is 11.7 Å². The Labute approximate surface area is 195 Å². The average Bonchev–Trinajstić information content (AvgIpc) is 3.27. The van der Waals surface area contributed by atoms with Gasteiger partial charge in [-0.3, -0.25) is 9.59 Å². The van der Waals surface area contributed by atoms with Gasteiger partial charge in [-0.1, -0.05) is 47.5 Å². The molecule has 0 aliphatic carbocycles. The number of hydrogen-bond acceptors (Lipinski definition) is 3. The Morgan fingerprint density at radius 3 is 2.12 bits per heavy atom. The molecule has 158 valence electrons. The molecule has 0 spiro atoms. The number of carbonyl (C=O) groups is 2. The van der Waals surface area contributed by atoms with Gasteiger partial charge < -0.3 is 9.73 Å². The highest BCUT2D eigenvalue weighted by molar-refractivity contribution is 6.39. The van der Waals surface area contributed by atoms with E-state index in [0.717, 1.165) is 0 Å². The smallest absolute Gasteiger partial charge is 0.255 e. The third-order valence-corrected chi connectivity index (χ3v) is 5.33. The first kappa shape index (κ1) is 21.6. The van der Waals surface area contributed by atoms with Crippen molar-refractivity contribution in [1.29, 1.82) is 0 Å². The molecule has 0 unspecified atom stereocenters. The van der Waals surface area contributed by atoms with Gasteiger partial charge in [0.2, 0.25) is 0 Å². The molecule has 0 saturated carbocycles. The van der Waals surface area contributed by atoms with Crippen LogP contribution in [0, 0.1) is 0 Å². The summed E-state index contributed by atoms with van der Waals surface area (Å²) in [5.74, 6) is 0.610. The lowest BCUT2D eigenvalue weighted by Crippen LogP contribution is -2.11. The first-order valence-electron chi connectivity index (χ1n) is 9.74. The van der Waals surface area contributed by atoms with Gasteiger partial charge in [0.1, 0.15) is 11.5 Å². The molecular formula is C26H17Cl2NO3.